The fourth-order valence-electron chi connectivity index (χ4n) is 4.44. The quantitative estimate of drug-likeness (QED) is 0.318. The number of nitrogens with zero attached hydrogens (tertiary/aromatic N) is 5. The number of carbonyl (C=O) groups is 2. The highest BCUT2D eigenvalue weighted by Gasteiger charge is 2.36. The molecule has 2 atom stereocenters. The molecule has 0 saturated carbocycles. The van der Waals surface area contributed by atoms with E-state index in [1.165, 1.54) is 0 Å². The van der Waals surface area contributed by atoms with E-state index in [2.05, 4.69) is 25.7 Å². The normalized spacial score (nSPS) is 14.3. The molecule has 196 valence electrons. The van der Waals surface area contributed by atoms with Crippen LogP contribution in [0.3, 0.4) is 0 Å². The van der Waals surface area contributed by atoms with Crippen LogP contribution in [-0.4, -0.2) is 54.2 Å². The number of amides is 2. The highest BCUT2D eigenvalue weighted by Crippen LogP contribution is 2.39. The second-order valence-electron chi connectivity index (χ2n) is 9.35. The summed E-state index contributed by atoms with van der Waals surface area (Å²) < 4.78 is 1.73. The smallest absolute Gasteiger partial charge is 0.256 e. The summed E-state index contributed by atoms with van der Waals surface area (Å²) in [6.45, 7) is 5.60. The second-order valence-corrected chi connectivity index (χ2v) is 10.5. The van der Waals surface area contributed by atoms with Gasteiger partial charge in [-0.25, -0.2) is 4.98 Å². The molecule has 0 bridgehead atoms. The molecule has 2 amide bonds. The number of pyridine rings is 2. The van der Waals surface area contributed by atoms with E-state index >= 15 is 0 Å². The SMILES string of the molecule is Cc1cccc([C@@H](CO)NC(=O)[C@@H](C)N2Cc3sc(-c4cc(Nc5ccnn5C)ncc4C)cc3C2=O)n1. The number of carbonyl (C=O) groups excluding carboxylic acids is 2. The molecule has 0 spiro atoms. The third-order valence-corrected chi connectivity index (χ3v) is 7.83. The van der Waals surface area contributed by atoms with Crippen molar-refractivity contribution in [2.45, 2.75) is 39.4 Å². The minimum atomic E-state index is -0.707. The molecule has 4 aromatic rings. The fourth-order valence-corrected chi connectivity index (χ4v) is 5.68. The number of aliphatic hydroxyl groups is 1. The molecule has 0 radical (unpaired) electrons. The maximum atomic E-state index is 13.3. The lowest BCUT2D eigenvalue weighted by molar-refractivity contribution is -0.126. The van der Waals surface area contributed by atoms with Gasteiger partial charge in [-0.2, -0.15) is 5.10 Å². The first-order valence-electron chi connectivity index (χ1n) is 12.3. The first-order valence-corrected chi connectivity index (χ1v) is 13.1. The molecule has 0 aliphatic carbocycles. The van der Waals surface area contributed by atoms with Crippen LogP contribution in [0.1, 0.15) is 45.2 Å². The Kier molecular flexibility index (Phi) is 6.96. The number of thiophene rings is 1. The van der Waals surface area contributed by atoms with Gasteiger partial charge in [0.05, 0.1) is 36.6 Å². The monoisotopic (exact) mass is 531 g/mol. The van der Waals surface area contributed by atoms with Gasteiger partial charge < -0.3 is 20.6 Å². The molecule has 4 aromatic heterocycles. The Morgan fingerprint density at radius 1 is 1.21 bits per heavy atom. The number of anilines is 2. The van der Waals surface area contributed by atoms with E-state index in [0.29, 0.717) is 23.6 Å². The minimum Gasteiger partial charge on any atom is -0.394 e. The summed E-state index contributed by atoms with van der Waals surface area (Å²) in [7, 11) is 1.85. The number of aryl methyl sites for hydroxylation is 3. The molecule has 10 nitrogen and oxygen atoms in total. The first kappa shape index (κ1) is 25.6. The standard InChI is InChI=1S/C27H29N7O3S/c1-15-12-28-24(32-25-8-9-29-33(25)4)11-18(15)22-10-19-23(38-22)13-34(27(19)37)17(3)26(36)31-21(14-35)20-7-5-6-16(2)30-20/h5-12,17,21,35H,13-14H2,1-4H3,(H,28,32)(H,31,36)/t17-,21-/m1/s1. The molecule has 5 heterocycles. The predicted molar refractivity (Wildman–Crippen MR) is 145 cm³/mol. The van der Waals surface area contributed by atoms with Crippen molar-refractivity contribution in [2.24, 2.45) is 7.05 Å². The Bertz CT molecular complexity index is 1510. The third-order valence-electron chi connectivity index (χ3n) is 6.67. The molecule has 0 aromatic carbocycles. The zero-order valence-electron chi connectivity index (χ0n) is 21.6. The molecule has 0 fully saturated rings. The average molecular weight is 532 g/mol. The summed E-state index contributed by atoms with van der Waals surface area (Å²) in [4.78, 5) is 38.7. The molecule has 11 heteroatoms. The van der Waals surface area contributed by atoms with Gasteiger partial charge in [0, 0.05) is 34.8 Å². The number of nitrogens with one attached hydrogen (secondary N) is 2. The highest BCUT2D eigenvalue weighted by atomic mass is 32.1. The Morgan fingerprint density at radius 3 is 2.71 bits per heavy atom. The summed E-state index contributed by atoms with van der Waals surface area (Å²) in [5, 5.41) is 20.1. The number of hydrogen-bond acceptors (Lipinski definition) is 8. The molecule has 38 heavy (non-hydrogen) atoms. The van der Waals surface area contributed by atoms with Gasteiger partial charge in [-0.05, 0) is 56.2 Å². The van der Waals surface area contributed by atoms with Gasteiger partial charge >= 0.3 is 0 Å². The van der Waals surface area contributed by atoms with Crippen LogP contribution in [0.15, 0.2) is 48.8 Å². The largest absolute Gasteiger partial charge is 0.394 e. The van der Waals surface area contributed by atoms with E-state index < -0.39 is 12.1 Å². The lowest BCUT2D eigenvalue weighted by atomic mass is 10.1. The summed E-state index contributed by atoms with van der Waals surface area (Å²) in [5.41, 5.74) is 3.97. The van der Waals surface area contributed by atoms with Gasteiger partial charge in [-0.1, -0.05) is 6.07 Å². The van der Waals surface area contributed by atoms with Gasteiger partial charge in [0.25, 0.3) is 5.91 Å². The number of fused-ring (bicyclic) bond motifs is 1. The lowest BCUT2D eigenvalue weighted by Crippen LogP contribution is -2.47. The van der Waals surface area contributed by atoms with Crippen LogP contribution in [0.2, 0.25) is 0 Å². The average Bonchev–Trinajstić information content (AvgIpc) is 3.59. The van der Waals surface area contributed by atoms with Crippen molar-refractivity contribution in [2.75, 3.05) is 11.9 Å². The van der Waals surface area contributed by atoms with Crippen molar-refractivity contribution >= 4 is 34.8 Å². The zero-order chi connectivity index (χ0) is 27.0. The maximum absolute atomic E-state index is 13.3. The van der Waals surface area contributed by atoms with Crippen molar-refractivity contribution in [3.63, 3.8) is 0 Å². The number of aromatic nitrogens is 4. The van der Waals surface area contributed by atoms with E-state index in [4.69, 9.17) is 0 Å². The van der Waals surface area contributed by atoms with Crippen molar-refractivity contribution in [3.8, 4) is 10.4 Å². The predicted octanol–water partition coefficient (Wildman–Crippen LogP) is 3.49. The molecule has 0 saturated heterocycles. The molecule has 3 N–H and O–H groups in total. The zero-order valence-corrected chi connectivity index (χ0v) is 22.4. The van der Waals surface area contributed by atoms with Crippen molar-refractivity contribution in [1.82, 2.24) is 30.0 Å². The van der Waals surface area contributed by atoms with Crippen LogP contribution >= 0.6 is 11.3 Å². The van der Waals surface area contributed by atoms with Crippen LogP contribution in [0.25, 0.3) is 10.4 Å². The van der Waals surface area contributed by atoms with E-state index in [1.54, 1.807) is 46.3 Å². The Balaban J connectivity index is 1.30. The van der Waals surface area contributed by atoms with Crippen LogP contribution in [0, 0.1) is 13.8 Å². The number of rotatable bonds is 8. The molecular formula is C27H29N7O3S. The van der Waals surface area contributed by atoms with E-state index in [1.807, 2.05) is 51.2 Å². The summed E-state index contributed by atoms with van der Waals surface area (Å²) >= 11 is 1.55. The van der Waals surface area contributed by atoms with Gasteiger partial charge in [0.1, 0.15) is 17.7 Å². The first-order chi connectivity index (χ1) is 18.2. The Labute approximate surface area is 224 Å². The highest BCUT2D eigenvalue weighted by molar-refractivity contribution is 7.16. The van der Waals surface area contributed by atoms with Crippen LogP contribution in [0.4, 0.5) is 11.6 Å². The van der Waals surface area contributed by atoms with Gasteiger partial charge in [0.15, 0.2) is 0 Å². The second kappa shape index (κ2) is 10.3. The number of aliphatic hydroxyl groups excluding tert-OH is 1. The van der Waals surface area contributed by atoms with Gasteiger partial charge in [0.2, 0.25) is 5.91 Å². The summed E-state index contributed by atoms with van der Waals surface area (Å²) in [5.74, 6) is 0.981. The van der Waals surface area contributed by atoms with Crippen LogP contribution in [0.5, 0.6) is 0 Å². The minimum absolute atomic E-state index is 0.181. The van der Waals surface area contributed by atoms with Gasteiger partial charge in [-0.3, -0.25) is 19.3 Å². The summed E-state index contributed by atoms with van der Waals surface area (Å²) in [6.07, 6.45) is 3.52. The summed E-state index contributed by atoms with van der Waals surface area (Å²) in [6, 6.07) is 9.82. The molecule has 1 aliphatic rings. The fraction of sp³-hybridized carbons (Fsp3) is 0.296. The Hall–Kier alpha value is -4.09. The number of hydrogen-bond donors (Lipinski definition) is 3. The van der Waals surface area contributed by atoms with Crippen molar-refractivity contribution < 1.29 is 14.7 Å². The van der Waals surface area contributed by atoms with Gasteiger partial charge in [-0.15, -0.1) is 11.3 Å². The van der Waals surface area contributed by atoms with E-state index in [9.17, 15) is 14.7 Å². The van der Waals surface area contributed by atoms with Crippen LogP contribution in [-0.2, 0) is 18.4 Å². The van der Waals surface area contributed by atoms with Crippen LogP contribution < -0.4 is 10.6 Å². The molecule has 0 unspecified atom stereocenters. The molecular weight excluding hydrogens is 502 g/mol. The van der Waals surface area contributed by atoms with E-state index in [0.717, 1.165) is 32.4 Å². The third kappa shape index (κ3) is 4.90. The molecule has 5 rings (SSSR count). The molecule has 1 aliphatic heterocycles. The maximum Gasteiger partial charge on any atom is 0.256 e. The topological polar surface area (TPSA) is 125 Å². The van der Waals surface area contributed by atoms with Crippen molar-refractivity contribution in [1.29, 1.82) is 0 Å². The lowest BCUT2D eigenvalue weighted by Gasteiger charge is -2.26. The van der Waals surface area contributed by atoms with E-state index in [-0.39, 0.29) is 18.4 Å². The van der Waals surface area contributed by atoms with Crippen molar-refractivity contribution in [3.05, 3.63) is 76.2 Å². The Morgan fingerprint density at radius 2 is 2.03 bits per heavy atom.